The van der Waals surface area contributed by atoms with Crippen molar-refractivity contribution < 1.29 is 9.90 Å². The summed E-state index contributed by atoms with van der Waals surface area (Å²) in [6, 6.07) is 3.69. The largest absolute Gasteiger partial charge is 0.481 e. The Morgan fingerprint density at radius 3 is 2.76 bits per heavy atom. The Morgan fingerprint density at radius 2 is 2.12 bits per heavy atom. The Morgan fingerprint density at radius 1 is 1.41 bits per heavy atom. The summed E-state index contributed by atoms with van der Waals surface area (Å²) in [5.41, 5.74) is 1.58. The van der Waals surface area contributed by atoms with Crippen LogP contribution in [-0.2, 0) is 11.2 Å². The molecule has 2 heterocycles. The zero-order chi connectivity index (χ0) is 12.3. The lowest BCUT2D eigenvalue weighted by molar-refractivity contribution is -0.136. The molecule has 0 saturated carbocycles. The van der Waals surface area contributed by atoms with Crippen LogP contribution in [0.4, 0.5) is 0 Å². The third-order valence-corrected chi connectivity index (χ3v) is 3.54. The standard InChI is InChI=1S/C11H9ClN2O2S/c12-10-8(1-2-9(15)16)14-11(17-10)7-3-5-13-6-4-7/h3-6H,1-2H2,(H,15,16). The number of nitrogens with zero attached hydrogens (tertiary/aromatic N) is 2. The van der Waals surface area contributed by atoms with E-state index in [9.17, 15) is 4.79 Å². The summed E-state index contributed by atoms with van der Waals surface area (Å²) in [5, 5.41) is 9.40. The molecule has 2 aromatic heterocycles. The van der Waals surface area contributed by atoms with Gasteiger partial charge in [-0.2, -0.15) is 0 Å². The molecule has 0 aromatic carbocycles. The number of hydrogen-bond donors (Lipinski definition) is 1. The molecule has 0 unspecified atom stereocenters. The first-order valence-corrected chi connectivity index (χ1v) is 6.13. The number of hydrogen-bond acceptors (Lipinski definition) is 4. The van der Waals surface area contributed by atoms with Crippen LogP contribution in [-0.4, -0.2) is 21.0 Å². The van der Waals surface area contributed by atoms with Gasteiger partial charge in [-0.15, -0.1) is 11.3 Å². The summed E-state index contributed by atoms with van der Waals surface area (Å²) >= 11 is 7.38. The molecular formula is C11H9ClN2O2S. The van der Waals surface area contributed by atoms with Crippen molar-refractivity contribution in [1.82, 2.24) is 9.97 Å². The zero-order valence-electron chi connectivity index (χ0n) is 8.76. The van der Waals surface area contributed by atoms with Crippen molar-refractivity contribution >= 4 is 28.9 Å². The average molecular weight is 269 g/mol. The van der Waals surface area contributed by atoms with E-state index in [1.54, 1.807) is 12.4 Å². The highest BCUT2D eigenvalue weighted by atomic mass is 35.5. The normalized spacial score (nSPS) is 10.4. The second kappa shape index (κ2) is 5.25. The van der Waals surface area contributed by atoms with Crippen molar-refractivity contribution in [2.24, 2.45) is 0 Å². The lowest BCUT2D eigenvalue weighted by Crippen LogP contribution is -1.97. The molecule has 0 bridgehead atoms. The fourth-order valence-electron chi connectivity index (χ4n) is 1.33. The lowest BCUT2D eigenvalue weighted by Gasteiger charge is -1.94. The highest BCUT2D eigenvalue weighted by molar-refractivity contribution is 7.19. The second-order valence-corrected chi connectivity index (χ2v) is 4.97. The molecule has 0 aliphatic carbocycles. The van der Waals surface area contributed by atoms with Gasteiger partial charge in [-0.3, -0.25) is 9.78 Å². The van der Waals surface area contributed by atoms with Gasteiger partial charge in [-0.1, -0.05) is 11.6 Å². The molecular weight excluding hydrogens is 260 g/mol. The Labute approximate surface area is 107 Å². The fraction of sp³-hybridized carbons (Fsp3) is 0.182. The second-order valence-electron chi connectivity index (χ2n) is 3.37. The Balaban J connectivity index is 2.22. The van der Waals surface area contributed by atoms with Crippen molar-refractivity contribution in [2.75, 3.05) is 0 Å². The summed E-state index contributed by atoms with van der Waals surface area (Å²) in [6.07, 6.45) is 3.76. The van der Waals surface area contributed by atoms with Crippen molar-refractivity contribution in [3.8, 4) is 10.6 Å². The van der Waals surface area contributed by atoms with Gasteiger partial charge >= 0.3 is 5.97 Å². The van der Waals surface area contributed by atoms with Crippen molar-refractivity contribution in [1.29, 1.82) is 0 Å². The molecule has 0 aliphatic rings. The molecule has 0 saturated heterocycles. The van der Waals surface area contributed by atoms with Gasteiger partial charge in [0.05, 0.1) is 12.1 Å². The van der Waals surface area contributed by atoms with Crippen LogP contribution >= 0.6 is 22.9 Å². The number of carboxylic acid groups (broad SMARTS) is 1. The van der Waals surface area contributed by atoms with Crippen molar-refractivity contribution in [3.63, 3.8) is 0 Å². The summed E-state index contributed by atoms with van der Waals surface area (Å²) in [5.74, 6) is -0.848. The highest BCUT2D eigenvalue weighted by Gasteiger charge is 2.11. The van der Waals surface area contributed by atoms with Crippen LogP contribution in [0.1, 0.15) is 12.1 Å². The first kappa shape index (κ1) is 12.0. The summed E-state index contributed by atoms with van der Waals surface area (Å²) in [7, 11) is 0. The maximum absolute atomic E-state index is 10.5. The molecule has 0 spiro atoms. The van der Waals surface area contributed by atoms with E-state index in [4.69, 9.17) is 16.7 Å². The number of aliphatic carboxylic acids is 1. The quantitative estimate of drug-likeness (QED) is 0.926. The van der Waals surface area contributed by atoms with Gasteiger partial charge in [0.25, 0.3) is 0 Å². The Hall–Kier alpha value is -1.46. The Bertz CT molecular complexity index is 528. The third-order valence-electron chi connectivity index (χ3n) is 2.15. The fourth-order valence-corrected chi connectivity index (χ4v) is 2.53. The van der Waals surface area contributed by atoms with E-state index in [0.29, 0.717) is 16.5 Å². The third kappa shape index (κ3) is 3.01. The smallest absolute Gasteiger partial charge is 0.303 e. The number of carbonyl (C=O) groups is 1. The topological polar surface area (TPSA) is 63.1 Å². The van der Waals surface area contributed by atoms with Gasteiger partial charge < -0.3 is 5.11 Å². The minimum Gasteiger partial charge on any atom is -0.481 e. The molecule has 0 atom stereocenters. The van der Waals surface area contributed by atoms with Gasteiger partial charge in [0, 0.05) is 24.4 Å². The number of thiazole rings is 1. The van der Waals surface area contributed by atoms with Gasteiger partial charge in [0.1, 0.15) is 9.34 Å². The number of aryl methyl sites for hydroxylation is 1. The van der Waals surface area contributed by atoms with E-state index in [-0.39, 0.29) is 6.42 Å². The van der Waals surface area contributed by atoms with E-state index in [0.717, 1.165) is 10.6 Å². The lowest BCUT2D eigenvalue weighted by atomic mass is 10.2. The zero-order valence-corrected chi connectivity index (χ0v) is 10.3. The SMILES string of the molecule is O=C(O)CCc1nc(-c2ccncc2)sc1Cl. The minimum atomic E-state index is -0.848. The van der Waals surface area contributed by atoms with Crippen molar-refractivity contribution in [2.45, 2.75) is 12.8 Å². The average Bonchev–Trinajstić information content (AvgIpc) is 2.69. The van der Waals surface area contributed by atoms with Crippen LogP contribution in [0.3, 0.4) is 0 Å². The monoisotopic (exact) mass is 268 g/mol. The molecule has 6 heteroatoms. The molecule has 88 valence electrons. The predicted octanol–water partition coefficient (Wildman–Crippen LogP) is 2.88. The molecule has 2 rings (SSSR count). The number of rotatable bonds is 4. The molecule has 17 heavy (non-hydrogen) atoms. The van der Waals surface area contributed by atoms with E-state index in [2.05, 4.69) is 9.97 Å². The van der Waals surface area contributed by atoms with Gasteiger partial charge in [-0.25, -0.2) is 4.98 Å². The predicted molar refractivity (Wildman–Crippen MR) is 66.3 cm³/mol. The first-order valence-electron chi connectivity index (χ1n) is 4.94. The minimum absolute atomic E-state index is 0.0409. The van der Waals surface area contributed by atoms with Crippen molar-refractivity contribution in [3.05, 3.63) is 34.6 Å². The summed E-state index contributed by atoms with van der Waals surface area (Å²) in [6.45, 7) is 0. The Kier molecular flexibility index (Phi) is 3.71. The van der Waals surface area contributed by atoms with E-state index < -0.39 is 5.97 Å². The molecule has 2 aromatic rings. The summed E-state index contributed by atoms with van der Waals surface area (Å²) < 4.78 is 0.554. The first-order chi connectivity index (χ1) is 8.16. The maximum Gasteiger partial charge on any atom is 0.303 e. The van der Waals surface area contributed by atoms with Crippen LogP contribution in [0.5, 0.6) is 0 Å². The van der Waals surface area contributed by atoms with Crippen LogP contribution < -0.4 is 0 Å². The van der Waals surface area contributed by atoms with E-state index in [1.165, 1.54) is 11.3 Å². The summed E-state index contributed by atoms with van der Waals surface area (Å²) in [4.78, 5) is 18.8. The number of pyridine rings is 1. The van der Waals surface area contributed by atoms with Crippen LogP contribution in [0, 0.1) is 0 Å². The maximum atomic E-state index is 10.5. The molecule has 0 aliphatic heterocycles. The van der Waals surface area contributed by atoms with Gasteiger partial charge in [0.2, 0.25) is 0 Å². The van der Waals surface area contributed by atoms with Crippen LogP contribution in [0.25, 0.3) is 10.6 Å². The number of aromatic nitrogens is 2. The van der Waals surface area contributed by atoms with Gasteiger partial charge in [0.15, 0.2) is 0 Å². The number of carboxylic acids is 1. The van der Waals surface area contributed by atoms with Crippen LogP contribution in [0.2, 0.25) is 4.34 Å². The molecule has 0 amide bonds. The van der Waals surface area contributed by atoms with E-state index in [1.807, 2.05) is 12.1 Å². The van der Waals surface area contributed by atoms with Crippen LogP contribution in [0.15, 0.2) is 24.5 Å². The molecule has 0 fully saturated rings. The van der Waals surface area contributed by atoms with Gasteiger partial charge in [-0.05, 0) is 12.1 Å². The molecule has 4 nitrogen and oxygen atoms in total. The molecule has 0 radical (unpaired) electrons. The number of halogens is 1. The highest BCUT2D eigenvalue weighted by Crippen LogP contribution is 2.31. The van der Waals surface area contributed by atoms with E-state index >= 15 is 0 Å². The molecule has 1 N–H and O–H groups in total.